The second-order valence-corrected chi connectivity index (χ2v) is 20.0. The first-order valence-corrected chi connectivity index (χ1v) is 24.6. The number of likely N-dealkylation sites (N-methyl/N-ethyl adjacent to an activating group) is 2. The third-order valence-corrected chi connectivity index (χ3v) is 13.0. The van der Waals surface area contributed by atoms with Gasteiger partial charge < -0.3 is 54.3 Å². The average Bonchev–Trinajstić information content (AvgIpc) is 4.26. The molecule has 2 atom stereocenters. The van der Waals surface area contributed by atoms with E-state index in [1.807, 2.05) is 59.7 Å². The molecule has 400 valence electrons. The van der Waals surface area contributed by atoms with Crippen molar-refractivity contribution in [1.29, 1.82) is 0 Å². The van der Waals surface area contributed by atoms with Crippen LogP contribution in [0.15, 0.2) is 62.0 Å². The van der Waals surface area contributed by atoms with Crippen LogP contribution in [0.5, 0.6) is 0 Å². The number of hydrogen-bond acceptors (Lipinski definition) is 15. The number of carbonyl (C=O) groups is 3. The molecule has 0 aromatic carbocycles. The molecule has 76 heavy (non-hydrogen) atoms. The van der Waals surface area contributed by atoms with Crippen molar-refractivity contribution < 1.29 is 32.3 Å². The first kappa shape index (κ1) is 53.9. The lowest BCUT2D eigenvalue weighted by molar-refractivity contribution is 0.0237. The van der Waals surface area contributed by atoms with Gasteiger partial charge >= 0.3 is 6.09 Å². The van der Waals surface area contributed by atoms with Crippen molar-refractivity contribution in [2.24, 2.45) is 0 Å². The summed E-state index contributed by atoms with van der Waals surface area (Å²) >= 11 is 0. The van der Waals surface area contributed by atoms with Crippen molar-refractivity contribution in [3.63, 3.8) is 0 Å². The van der Waals surface area contributed by atoms with Crippen LogP contribution in [0.25, 0.3) is 16.9 Å². The lowest BCUT2D eigenvalue weighted by atomic mass is 10.2. The van der Waals surface area contributed by atoms with Gasteiger partial charge in [-0.2, -0.15) is 0 Å². The Balaban J connectivity index is 0.000000166. The van der Waals surface area contributed by atoms with E-state index in [0.717, 1.165) is 48.8 Å². The van der Waals surface area contributed by atoms with Gasteiger partial charge in [0, 0.05) is 93.1 Å². The zero-order chi connectivity index (χ0) is 54.9. The van der Waals surface area contributed by atoms with Crippen LogP contribution in [0.4, 0.5) is 46.7 Å². The lowest BCUT2D eigenvalue weighted by Crippen LogP contribution is -2.42. The van der Waals surface area contributed by atoms with Crippen LogP contribution in [0.1, 0.15) is 88.4 Å². The number of hydrogen-bond donors (Lipinski definition) is 4. The first-order valence-electron chi connectivity index (χ1n) is 24.6. The van der Waals surface area contributed by atoms with Gasteiger partial charge in [0.05, 0.1) is 65.0 Å². The summed E-state index contributed by atoms with van der Waals surface area (Å²) in [5.74, 6) is -1.18. The van der Waals surface area contributed by atoms with Crippen LogP contribution >= 0.6 is 0 Å². The standard InChI is InChI=1S/C24H30FN7O3.C19H22FN7O.C9H10FN3/c1-14-11-32-13-18(20(25)15(2)21(32)28-14)29-22(33)17-9-27-19(10-26-17)31-8-7-16(12-31)30(6)23(34)35-24(3,4)5;1-11-8-27-10-15(17(20)12(2)18(27)24-11)25-19(28)14-6-23-16(7-22-14)26-5-4-13(9-26)21-3;1-5-3-13-4-7(11)8(10)6(2)9(13)12-5/h9-11,13,16H,7-8,12H2,1-6H3,(H,29,33);6-8,10,13,21H,4-5,9H2,1-3H3,(H,25,28);3-4H,11H2,1-2H3/t16-;13-;/m11./s1. The summed E-state index contributed by atoms with van der Waals surface area (Å²) in [6.07, 6.45) is 17.2. The topological polar surface area (TPSA) is 236 Å². The van der Waals surface area contributed by atoms with E-state index in [2.05, 4.69) is 55.7 Å². The van der Waals surface area contributed by atoms with Gasteiger partial charge in [0.1, 0.15) is 45.6 Å². The summed E-state index contributed by atoms with van der Waals surface area (Å²) in [5.41, 5.74) is 10.6. The van der Waals surface area contributed by atoms with E-state index in [4.69, 9.17) is 10.5 Å². The number of nitrogens with one attached hydrogen (secondary N) is 3. The largest absolute Gasteiger partial charge is 0.444 e. The number of aryl methyl sites for hydroxylation is 6. The molecule has 2 saturated heterocycles. The highest BCUT2D eigenvalue weighted by Crippen LogP contribution is 2.27. The Morgan fingerprint density at radius 3 is 1.49 bits per heavy atom. The molecule has 24 heteroatoms. The van der Waals surface area contributed by atoms with Crippen molar-refractivity contribution in [2.75, 3.05) is 66.4 Å². The highest BCUT2D eigenvalue weighted by atomic mass is 19.1. The predicted octanol–water partition coefficient (Wildman–Crippen LogP) is 7.18. The van der Waals surface area contributed by atoms with Crippen molar-refractivity contribution >= 4 is 63.5 Å². The molecule has 2 aliphatic heterocycles. The molecule has 0 saturated carbocycles. The minimum absolute atomic E-state index is 0.0254. The Labute approximate surface area is 436 Å². The molecule has 21 nitrogen and oxygen atoms in total. The highest BCUT2D eigenvalue weighted by Gasteiger charge is 2.32. The normalized spacial score (nSPS) is 15.4. The van der Waals surface area contributed by atoms with Crippen molar-refractivity contribution in [2.45, 2.75) is 92.8 Å². The Morgan fingerprint density at radius 2 is 1.07 bits per heavy atom. The molecule has 3 amide bonds. The third-order valence-electron chi connectivity index (χ3n) is 13.0. The molecular weight excluding hydrogens is 984 g/mol. The van der Waals surface area contributed by atoms with E-state index in [-0.39, 0.29) is 46.4 Å². The van der Waals surface area contributed by atoms with Crippen LogP contribution in [-0.2, 0) is 4.74 Å². The third kappa shape index (κ3) is 11.8. The monoisotopic (exact) mass is 1050 g/mol. The maximum atomic E-state index is 14.8. The van der Waals surface area contributed by atoms with Gasteiger partial charge in [-0.15, -0.1) is 0 Å². The number of halogens is 3. The van der Waals surface area contributed by atoms with Gasteiger partial charge in [-0.25, -0.2) is 52.9 Å². The summed E-state index contributed by atoms with van der Waals surface area (Å²) in [7, 11) is 3.67. The molecular formula is C52H62F3N17O4. The Morgan fingerprint density at radius 1 is 0.632 bits per heavy atom. The predicted molar refractivity (Wildman–Crippen MR) is 283 cm³/mol. The molecule has 8 aromatic rings. The van der Waals surface area contributed by atoms with E-state index in [0.29, 0.717) is 58.6 Å². The van der Waals surface area contributed by atoms with Gasteiger partial charge in [0.2, 0.25) is 0 Å². The quantitative estimate of drug-likeness (QED) is 0.118. The number of nitrogen functional groups attached to an aromatic ring is 1. The summed E-state index contributed by atoms with van der Waals surface area (Å²) in [6, 6.07) is 0.403. The molecule has 10 rings (SSSR count). The molecule has 0 aliphatic carbocycles. The van der Waals surface area contributed by atoms with Crippen LogP contribution in [0, 0.1) is 59.0 Å². The number of rotatable bonds is 8. The number of aromatic nitrogens is 10. The smallest absolute Gasteiger partial charge is 0.410 e. The Bertz CT molecular complexity index is 3460. The minimum Gasteiger partial charge on any atom is -0.444 e. The highest BCUT2D eigenvalue weighted by molar-refractivity contribution is 6.03. The zero-order valence-electron chi connectivity index (χ0n) is 44.3. The number of nitrogens with two attached hydrogens (primary N) is 1. The van der Waals surface area contributed by atoms with Crippen LogP contribution in [-0.4, -0.2) is 129 Å². The molecule has 0 spiro atoms. The second-order valence-electron chi connectivity index (χ2n) is 20.0. The van der Waals surface area contributed by atoms with Gasteiger partial charge in [-0.1, -0.05) is 0 Å². The summed E-state index contributed by atoms with van der Waals surface area (Å²) in [6.45, 7) is 18.9. The number of amides is 3. The maximum absolute atomic E-state index is 14.8. The van der Waals surface area contributed by atoms with E-state index in [9.17, 15) is 27.6 Å². The lowest BCUT2D eigenvalue weighted by Gasteiger charge is -2.28. The average molecular weight is 1050 g/mol. The zero-order valence-corrected chi connectivity index (χ0v) is 44.3. The van der Waals surface area contributed by atoms with Crippen LogP contribution in [0.2, 0.25) is 0 Å². The van der Waals surface area contributed by atoms with Gasteiger partial charge in [-0.05, 0) is 82.2 Å². The van der Waals surface area contributed by atoms with Gasteiger partial charge in [-0.3, -0.25) is 9.59 Å². The fourth-order valence-electron chi connectivity index (χ4n) is 8.89. The van der Waals surface area contributed by atoms with Gasteiger partial charge in [0.25, 0.3) is 11.8 Å². The van der Waals surface area contributed by atoms with Crippen molar-refractivity contribution in [3.05, 3.63) is 125 Å². The van der Waals surface area contributed by atoms with Crippen molar-refractivity contribution in [3.8, 4) is 0 Å². The SMILES string of the molecule is CN[C@@H]1CCN(c2cnc(C(=O)Nc3cn4cc(C)nc4c(C)c3F)cn2)C1.Cc1cn2cc(N)c(F)c(C)c2n1.Cc1cn2cc(NC(=O)c3cnc(N4CC[C@@H](N(C)C(=O)OC(C)(C)C)C4)cn3)c(F)c(C)c2n1. The van der Waals surface area contributed by atoms with E-state index in [1.54, 1.807) is 64.5 Å². The van der Waals surface area contributed by atoms with Crippen LogP contribution in [0.3, 0.4) is 0 Å². The number of nitrogens with zero attached hydrogens (tertiary/aromatic N) is 13. The number of fused-ring (bicyclic) bond motifs is 3. The molecule has 0 radical (unpaired) electrons. The number of imidazole rings is 3. The maximum Gasteiger partial charge on any atom is 0.410 e. The minimum atomic E-state index is -0.567. The summed E-state index contributed by atoms with van der Waals surface area (Å²) < 4.78 is 53.3. The molecule has 0 unspecified atom stereocenters. The number of ether oxygens (including phenoxy) is 1. The molecule has 8 aromatic heterocycles. The van der Waals surface area contributed by atoms with Gasteiger partial charge in [0.15, 0.2) is 17.5 Å². The number of anilines is 5. The number of carbonyl (C=O) groups excluding carboxylic acids is 3. The second kappa shape index (κ2) is 21.8. The molecule has 2 aliphatic rings. The van der Waals surface area contributed by atoms with E-state index < -0.39 is 29.0 Å². The fourth-order valence-corrected chi connectivity index (χ4v) is 8.89. The van der Waals surface area contributed by atoms with E-state index in [1.165, 1.54) is 37.2 Å². The number of pyridine rings is 3. The van der Waals surface area contributed by atoms with Crippen LogP contribution < -0.4 is 31.5 Å². The summed E-state index contributed by atoms with van der Waals surface area (Å²) in [4.78, 5) is 73.2. The van der Waals surface area contributed by atoms with E-state index >= 15 is 0 Å². The fraction of sp³-hybridized carbons (Fsp3) is 0.385. The molecule has 2 fully saturated rings. The Kier molecular flexibility index (Phi) is 15.5. The summed E-state index contributed by atoms with van der Waals surface area (Å²) in [5, 5.41) is 8.41. The molecule has 10 heterocycles. The Hall–Kier alpha value is -8.41. The molecule has 5 N–H and O–H groups in total. The molecule has 0 bridgehead atoms. The van der Waals surface area contributed by atoms with Crippen molar-refractivity contribution in [1.82, 2.24) is 58.3 Å². The first-order chi connectivity index (χ1) is 36.0.